The Morgan fingerprint density at radius 2 is 1.07 bits per heavy atom. The van der Waals surface area contributed by atoms with E-state index >= 15 is 0 Å². The van der Waals surface area contributed by atoms with Crippen LogP contribution in [0.5, 0.6) is 0 Å². The molecular formula is C14H31O13P3. The summed E-state index contributed by atoms with van der Waals surface area (Å²) in [5.74, 6) is 0. The van der Waals surface area contributed by atoms with Crippen molar-refractivity contribution >= 4 is 29.3 Å². The summed E-state index contributed by atoms with van der Waals surface area (Å²) >= 11 is 0. The van der Waals surface area contributed by atoms with Crippen molar-refractivity contribution < 1.29 is 59.4 Å². The molecule has 0 fully saturated rings. The highest BCUT2D eigenvalue weighted by Gasteiger charge is 2.34. The summed E-state index contributed by atoms with van der Waals surface area (Å²) in [4.78, 5) is 10.8. The second kappa shape index (κ2) is 14.2. The van der Waals surface area contributed by atoms with Crippen molar-refractivity contribution in [2.75, 3.05) is 48.3 Å². The van der Waals surface area contributed by atoms with E-state index < -0.39 is 48.2 Å². The van der Waals surface area contributed by atoms with Gasteiger partial charge in [-0.3, -0.25) is 41.0 Å². The van der Waals surface area contributed by atoms with E-state index in [4.69, 9.17) is 36.4 Å². The van der Waals surface area contributed by atoms with E-state index in [0.717, 1.165) is 21.3 Å². The molecule has 0 saturated heterocycles. The smallest absolute Gasteiger partial charge is 0.382 e. The summed E-state index contributed by atoms with van der Waals surface area (Å²) < 4.78 is 81.3. The molecular weight excluding hydrogens is 469 g/mol. The Bertz CT molecular complexity index is 643. The fourth-order valence-corrected chi connectivity index (χ4v) is 4.85. The molecule has 0 radical (unpaired) electrons. The van der Waals surface area contributed by atoms with E-state index in [1.165, 1.54) is 21.0 Å². The van der Waals surface area contributed by atoms with E-state index in [1.807, 2.05) is 0 Å². The molecule has 0 rings (SSSR count). The third-order valence-electron chi connectivity index (χ3n) is 3.11. The summed E-state index contributed by atoms with van der Waals surface area (Å²) in [7, 11) is -7.19. The fourth-order valence-electron chi connectivity index (χ4n) is 1.77. The van der Waals surface area contributed by atoms with Crippen LogP contribution in [0.25, 0.3) is 0 Å². The number of hydrogen-bond acceptors (Lipinski definition) is 13. The molecule has 0 spiro atoms. The highest BCUT2D eigenvalue weighted by molar-refractivity contribution is 7.69. The molecule has 0 aromatic carbocycles. The average Bonchev–Trinajstić information content (AvgIpc) is 2.71. The Labute approximate surface area is 176 Å². The zero-order chi connectivity index (χ0) is 23.4. The Morgan fingerprint density at radius 3 is 1.40 bits per heavy atom. The maximum Gasteiger partial charge on any atom is 0.474 e. The quantitative estimate of drug-likeness (QED) is 0.200. The van der Waals surface area contributed by atoms with Gasteiger partial charge in [-0.25, -0.2) is 9.13 Å². The highest BCUT2D eigenvalue weighted by atomic mass is 31.2. The van der Waals surface area contributed by atoms with Crippen LogP contribution in [-0.2, 0) is 59.4 Å². The van der Waals surface area contributed by atoms with Crippen molar-refractivity contribution in [2.45, 2.75) is 39.1 Å². The van der Waals surface area contributed by atoms with Crippen LogP contribution >= 0.6 is 23.2 Å². The van der Waals surface area contributed by atoms with E-state index in [9.17, 15) is 18.5 Å². The van der Waals surface area contributed by atoms with Crippen LogP contribution in [0.1, 0.15) is 20.8 Å². The minimum absolute atomic E-state index is 0.0407. The number of rotatable bonds is 18. The van der Waals surface area contributed by atoms with Gasteiger partial charge in [0.1, 0.15) is 0 Å². The van der Waals surface area contributed by atoms with Crippen molar-refractivity contribution in [1.82, 2.24) is 0 Å². The minimum Gasteiger partial charge on any atom is -0.382 e. The Morgan fingerprint density at radius 1 is 0.667 bits per heavy atom. The number of phosphoric ester groups is 2. The van der Waals surface area contributed by atoms with E-state index in [0.29, 0.717) is 0 Å². The number of carbonyl (C=O) groups is 1. The maximum absolute atomic E-state index is 12.6. The lowest BCUT2D eigenvalue weighted by atomic mass is 10.5. The lowest BCUT2D eigenvalue weighted by Gasteiger charge is -2.24. The van der Waals surface area contributed by atoms with Crippen LogP contribution < -0.4 is 0 Å². The summed E-state index contributed by atoms with van der Waals surface area (Å²) in [5, 5.41) is 0. The molecule has 0 aromatic heterocycles. The van der Waals surface area contributed by atoms with Crippen molar-refractivity contribution in [3.8, 4) is 0 Å². The van der Waals surface area contributed by atoms with Gasteiger partial charge in [-0.1, -0.05) is 0 Å². The first-order valence-corrected chi connectivity index (χ1v) is 13.2. The van der Waals surface area contributed by atoms with Crippen LogP contribution in [0.3, 0.4) is 0 Å². The van der Waals surface area contributed by atoms with Gasteiger partial charge >= 0.3 is 23.2 Å². The molecule has 0 aliphatic rings. The average molecular weight is 500 g/mol. The van der Waals surface area contributed by atoms with Gasteiger partial charge in [0.25, 0.3) is 0 Å². The van der Waals surface area contributed by atoms with Gasteiger partial charge in [-0.15, -0.1) is 0 Å². The van der Waals surface area contributed by atoms with Gasteiger partial charge in [-0.05, 0) is 20.8 Å². The molecule has 0 saturated carbocycles. The van der Waals surface area contributed by atoms with Crippen LogP contribution in [0, 0.1) is 0 Å². The first-order valence-electron chi connectivity index (χ1n) is 8.67. The van der Waals surface area contributed by atoms with Gasteiger partial charge in [0, 0.05) is 28.4 Å². The summed E-state index contributed by atoms with van der Waals surface area (Å²) in [5.41, 5.74) is 0. The van der Waals surface area contributed by atoms with Crippen molar-refractivity contribution in [3.63, 3.8) is 0 Å². The normalized spacial score (nSPS) is 21.0. The third kappa shape index (κ3) is 11.6. The predicted octanol–water partition coefficient (Wildman–Crippen LogP) is 3.42. The molecule has 0 aliphatic heterocycles. The number of methoxy groups -OCH3 is 1. The van der Waals surface area contributed by atoms with Gasteiger partial charge in [0.15, 0.2) is 0 Å². The van der Waals surface area contributed by atoms with E-state index in [2.05, 4.69) is 4.52 Å². The van der Waals surface area contributed by atoms with Gasteiger partial charge in [0.2, 0.25) is 6.03 Å². The zero-order valence-electron chi connectivity index (χ0n) is 18.1. The molecule has 6 atom stereocenters. The molecule has 0 heterocycles. The number of phosphoric acid groups is 2. The molecule has 13 nitrogen and oxygen atoms in total. The van der Waals surface area contributed by atoms with Crippen LogP contribution in [0.4, 0.5) is 0 Å². The standard InChI is InChI=1S/C14H31O13P3/c1-12(8-19-4)26-29(17,21-6)24-10-14(3)27-30(18,22-7)23-9-13(2)25-28(16,11-15)20-5/h11-14H,8-10H2,1-7H3. The number of carbonyl (C=O) groups excluding carboxylic acids is 1. The minimum atomic E-state index is -4.09. The summed E-state index contributed by atoms with van der Waals surface area (Å²) in [6.45, 7) is 3.91. The summed E-state index contributed by atoms with van der Waals surface area (Å²) in [6.07, 6.45) is -2.43. The Kier molecular flexibility index (Phi) is 14.2. The first kappa shape index (κ1) is 30.0. The molecule has 0 aliphatic carbocycles. The zero-order valence-corrected chi connectivity index (χ0v) is 20.8. The van der Waals surface area contributed by atoms with Crippen LogP contribution in [0.2, 0.25) is 0 Å². The first-order chi connectivity index (χ1) is 13.9. The second-order valence-electron chi connectivity index (χ2n) is 5.88. The van der Waals surface area contributed by atoms with Gasteiger partial charge in [-0.2, -0.15) is 0 Å². The summed E-state index contributed by atoms with van der Waals surface area (Å²) in [6, 6.07) is 0.0407. The Balaban J connectivity index is 4.74. The Hall–Kier alpha value is -0.0000000000000000763. The molecule has 0 N–H and O–H groups in total. The lowest BCUT2D eigenvalue weighted by Crippen LogP contribution is -2.20. The van der Waals surface area contributed by atoms with E-state index in [1.54, 1.807) is 6.92 Å². The van der Waals surface area contributed by atoms with E-state index in [-0.39, 0.29) is 19.2 Å². The fraction of sp³-hybridized carbons (Fsp3) is 0.929. The molecule has 16 heteroatoms. The van der Waals surface area contributed by atoms with Crippen LogP contribution in [0.15, 0.2) is 0 Å². The van der Waals surface area contributed by atoms with Crippen molar-refractivity contribution in [1.29, 1.82) is 0 Å². The number of hydrogen-bond donors (Lipinski definition) is 0. The topological polar surface area (TPSA) is 151 Å². The third-order valence-corrected chi connectivity index (χ3v) is 7.59. The number of ether oxygens (including phenoxy) is 1. The molecule has 0 bridgehead atoms. The van der Waals surface area contributed by atoms with Crippen molar-refractivity contribution in [2.24, 2.45) is 0 Å². The molecule has 0 aromatic rings. The highest BCUT2D eigenvalue weighted by Crippen LogP contribution is 2.53. The monoisotopic (exact) mass is 500 g/mol. The molecule has 0 amide bonds. The molecule has 6 unspecified atom stereocenters. The predicted molar refractivity (Wildman–Crippen MR) is 106 cm³/mol. The maximum atomic E-state index is 12.6. The van der Waals surface area contributed by atoms with Gasteiger partial charge in [0.05, 0.1) is 38.1 Å². The largest absolute Gasteiger partial charge is 0.474 e. The lowest BCUT2D eigenvalue weighted by molar-refractivity contribution is 0.0227. The van der Waals surface area contributed by atoms with Crippen molar-refractivity contribution in [3.05, 3.63) is 0 Å². The SMILES string of the molecule is COCC(C)OP(=O)(OC)OCC(C)OP(=O)(OC)OCC(C)OP(=O)(C=O)OC. The van der Waals surface area contributed by atoms with Crippen LogP contribution in [-0.4, -0.2) is 72.6 Å². The molecule has 30 heavy (non-hydrogen) atoms. The molecule has 180 valence electrons. The van der Waals surface area contributed by atoms with Gasteiger partial charge < -0.3 is 9.26 Å². The second-order valence-corrected chi connectivity index (χ2v) is 11.2.